The largest absolute Gasteiger partial charge is 0.298 e. The molecule has 0 aliphatic carbocycles. The van der Waals surface area contributed by atoms with Crippen molar-refractivity contribution >= 4 is 33.5 Å². The molecule has 0 saturated carbocycles. The fourth-order valence-electron chi connectivity index (χ4n) is 1.55. The maximum atomic E-state index is 11.4. The first-order valence-electron chi connectivity index (χ1n) is 4.92. The number of alkyl halides is 1. The number of halogens is 1. The summed E-state index contributed by atoms with van der Waals surface area (Å²) in [6.07, 6.45) is 3.06. The van der Waals surface area contributed by atoms with Gasteiger partial charge in [0.1, 0.15) is 5.78 Å². The number of benzene rings is 1. The SMILES string of the molecule is CCc1cccc(C(Br)C(C)=O)c1SC. The fourth-order valence-corrected chi connectivity index (χ4v) is 2.98. The second-order valence-electron chi connectivity index (χ2n) is 3.37. The molecule has 15 heavy (non-hydrogen) atoms. The second-order valence-corrected chi connectivity index (χ2v) is 5.10. The molecule has 1 rings (SSSR count). The molecule has 1 atom stereocenters. The number of carbonyl (C=O) groups excluding carboxylic acids is 1. The summed E-state index contributed by atoms with van der Waals surface area (Å²) >= 11 is 5.15. The van der Waals surface area contributed by atoms with Gasteiger partial charge in [-0.05, 0) is 30.7 Å². The Kier molecular flexibility index (Phi) is 4.87. The monoisotopic (exact) mass is 286 g/mol. The molecule has 1 aromatic carbocycles. The lowest BCUT2D eigenvalue weighted by atomic mass is 10.0. The molecule has 1 unspecified atom stereocenters. The first-order chi connectivity index (χ1) is 7.11. The molecule has 0 bridgehead atoms. The van der Waals surface area contributed by atoms with Gasteiger partial charge in [0.25, 0.3) is 0 Å². The number of aryl methyl sites for hydroxylation is 1. The second kappa shape index (κ2) is 5.71. The van der Waals surface area contributed by atoms with Crippen LogP contribution in [0.1, 0.15) is 29.8 Å². The predicted molar refractivity (Wildman–Crippen MR) is 70.0 cm³/mol. The number of hydrogen-bond donors (Lipinski definition) is 0. The van der Waals surface area contributed by atoms with Crippen LogP contribution in [0.4, 0.5) is 0 Å². The molecule has 0 fully saturated rings. The summed E-state index contributed by atoms with van der Waals surface area (Å²) in [4.78, 5) is 12.4. The van der Waals surface area contributed by atoms with Gasteiger partial charge < -0.3 is 0 Å². The quantitative estimate of drug-likeness (QED) is 0.615. The molecule has 0 aliphatic rings. The Morgan fingerprint density at radius 3 is 2.67 bits per heavy atom. The van der Waals surface area contributed by atoms with Crippen LogP contribution in [-0.2, 0) is 11.2 Å². The van der Waals surface area contributed by atoms with Crippen molar-refractivity contribution in [3.63, 3.8) is 0 Å². The van der Waals surface area contributed by atoms with Gasteiger partial charge in [0.2, 0.25) is 0 Å². The number of thioether (sulfide) groups is 1. The molecule has 0 N–H and O–H groups in total. The van der Waals surface area contributed by atoms with Gasteiger partial charge in [0, 0.05) is 4.90 Å². The Hall–Kier alpha value is -0.280. The van der Waals surface area contributed by atoms with Crippen molar-refractivity contribution in [3.8, 4) is 0 Å². The highest BCUT2D eigenvalue weighted by molar-refractivity contribution is 9.09. The van der Waals surface area contributed by atoms with Crippen LogP contribution in [0.2, 0.25) is 0 Å². The Balaban J connectivity index is 3.22. The van der Waals surface area contributed by atoms with Crippen LogP contribution >= 0.6 is 27.7 Å². The summed E-state index contributed by atoms with van der Waals surface area (Å²) in [6, 6.07) is 6.16. The van der Waals surface area contributed by atoms with E-state index in [2.05, 4.69) is 35.2 Å². The van der Waals surface area contributed by atoms with E-state index in [1.807, 2.05) is 12.1 Å². The lowest BCUT2D eigenvalue weighted by molar-refractivity contribution is -0.116. The smallest absolute Gasteiger partial charge is 0.147 e. The van der Waals surface area contributed by atoms with Gasteiger partial charge in [-0.2, -0.15) is 0 Å². The van der Waals surface area contributed by atoms with Gasteiger partial charge in [-0.1, -0.05) is 41.1 Å². The first kappa shape index (κ1) is 12.8. The zero-order chi connectivity index (χ0) is 11.4. The number of carbonyl (C=O) groups is 1. The molecule has 0 radical (unpaired) electrons. The van der Waals surface area contributed by atoms with Crippen LogP contribution in [0.25, 0.3) is 0 Å². The summed E-state index contributed by atoms with van der Waals surface area (Å²) in [5.41, 5.74) is 2.40. The summed E-state index contributed by atoms with van der Waals surface area (Å²) in [6.45, 7) is 3.75. The summed E-state index contributed by atoms with van der Waals surface area (Å²) in [5.74, 6) is 0.151. The van der Waals surface area contributed by atoms with Crippen LogP contribution in [0, 0.1) is 0 Å². The lowest BCUT2D eigenvalue weighted by Crippen LogP contribution is -2.04. The zero-order valence-corrected chi connectivity index (χ0v) is 11.6. The molecular weight excluding hydrogens is 272 g/mol. The van der Waals surface area contributed by atoms with Crippen molar-refractivity contribution < 1.29 is 4.79 Å². The molecule has 0 heterocycles. The van der Waals surface area contributed by atoms with E-state index in [0.717, 1.165) is 12.0 Å². The van der Waals surface area contributed by atoms with Crippen LogP contribution in [0.5, 0.6) is 0 Å². The summed E-state index contributed by atoms with van der Waals surface area (Å²) in [5, 5.41) is 0. The third kappa shape index (κ3) is 2.85. The molecular formula is C12H15BrOS. The van der Waals surface area contributed by atoms with E-state index in [4.69, 9.17) is 0 Å². The average Bonchev–Trinajstić information content (AvgIpc) is 2.26. The highest BCUT2D eigenvalue weighted by Gasteiger charge is 2.17. The van der Waals surface area contributed by atoms with Gasteiger partial charge >= 0.3 is 0 Å². The average molecular weight is 287 g/mol. The molecule has 0 aliphatic heterocycles. The molecule has 0 spiro atoms. The summed E-state index contributed by atoms with van der Waals surface area (Å²) < 4.78 is 0. The van der Waals surface area contributed by atoms with Gasteiger partial charge in [-0.15, -0.1) is 11.8 Å². The fraction of sp³-hybridized carbons (Fsp3) is 0.417. The van der Waals surface area contributed by atoms with Crippen molar-refractivity contribution in [1.29, 1.82) is 0 Å². The maximum Gasteiger partial charge on any atom is 0.147 e. The van der Waals surface area contributed by atoms with Crippen LogP contribution in [-0.4, -0.2) is 12.0 Å². The van der Waals surface area contributed by atoms with E-state index in [1.165, 1.54) is 10.5 Å². The summed E-state index contributed by atoms with van der Waals surface area (Å²) in [7, 11) is 0. The first-order valence-corrected chi connectivity index (χ1v) is 7.06. The van der Waals surface area contributed by atoms with Crippen molar-refractivity contribution in [1.82, 2.24) is 0 Å². The molecule has 0 aromatic heterocycles. The Morgan fingerprint density at radius 2 is 2.20 bits per heavy atom. The van der Waals surface area contributed by atoms with Crippen molar-refractivity contribution in [3.05, 3.63) is 29.3 Å². The maximum absolute atomic E-state index is 11.4. The minimum Gasteiger partial charge on any atom is -0.298 e. The van der Waals surface area contributed by atoms with Gasteiger partial charge in [0.05, 0.1) is 4.83 Å². The molecule has 0 saturated heterocycles. The van der Waals surface area contributed by atoms with Crippen LogP contribution in [0.15, 0.2) is 23.1 Å². The van der Waals surface area contributed by atoms with Crippen molar-refractivity contribution in [2.75, 3.05) is 6.26 Å². The number of ketones is 1. The zero-order valence-electron chi connectivity index (χ0n) is 9.21. The molecule has 1 nitrogen and oxygen atoms in total. The third-order valence-corrected chi connectivity index (χ3v) is 4.39. The minimum absolute atomic E-state index is 0.151. The Labute approximate surface area is 104 Å². The highest BCUT2D eigenvalue weighted by atomic mass is 79.9. The molecule has 3 heteroatoms. The van der Waals surface area contributed by atoms with Gasteiger partial charge in [-0.25, -0.2) is 0 Å². The van der Waals surface area contributed by atoms with E-state index in [9.17, 15) is 4.79 Å². The Morgan fingerprint density at radius 1 is 1.53 bits per heavy atom. The Bertz CT molecular complexity index is 363. The number of rotatable bonds is 4. The van der Waals surface area contributed by atoms with Crippen LogP contribution in [0.3, 0.4) is 0 Å². The normalized spacial score (nSPS) is 12.5. The number of hydrogen-bond acceptors (Lipinski definition) is 2. The van der Waals surface area contributed by atoms with Crippen molar-refractivity contribution in [2.45, 2.75) is 30.0 Å². The topological polar surface area (TPSA) is 17.1 Å². The molecule has 82 valence electrons. The van der Waals surface area contributed by atoms with E-state index in [1.54, 1.807) is 18.7 Å². The molecule has 1 aromatic rings. The molecule has 0 amide bonds. The van der Waals surface area contributed by atoms with Crippen molar-refractivity contribution in [2.24, 2.45) is 0 Å². The van der Waals surface area contributed by atoms with Crippen LogP contribution < -0.4 is 0 Å². The predicted octanol–water partition coefficient (Wildman–Crippen LogP) is 4.00. The van der Waals surface area contributed by atoms with E-state index < -0.39 is 0 Å². The lowest BCUT2D eigenvalue weighted by Gasteiger charge is -2.14. The van der Waals surface area contributed by atoms with E-state index in [0.29, 0.717) is 0 Å². The number of Topliss-reactive ketones (excluding diaryl/α,β-unsaturated/α-hetero) is 1. The van der Waals surface area contributed by atoms with E-state index in [-0.39, 0.29) is 10.6 Å². The van der Waals surface area contributed by atoms with Gasteiger partial charge in [0.15, 0.2) is 0 Å². The third-order valence-electron chi connectivity index (χ3n) is 2.34. The van der Waals surface area contributed by atoms with Gasteiger partial charge in [-0.3, -0.25) is 4.79 Å². The van der Waals surface area contributed by atoms with E-state index >= 15 is 0 Å². The standard InChI is InChI=1S/C12H15BrOS/c1-4-9-6-5-7-10(12(9)15-3)11(13)8(2)14/h5-7,11H,4H2,1-3H3. The minimum atomic E-state index is -0.175. The highest BCUT2D eigenvalue weighted by Crippen LogP contribution is 2.34.